The predicted octanol–water partition coefficient (Wildman–Crippen LogP) is 2.16. The van der Waals surface area contributed by atoms with E-state index in [2.05, 4.69) is 0 Å². The van der Waals surface area contributed by atoms with E-state index in [9.17, 15) is 13.2 Å². The van der Waals surface area contributed by atoms with Crippen LogP contribution in [0, 0.1) is 6.92 Å². The minimum absolute atomic E-state index is 0.0917. The number of carbonyl (C=O) groups is 1. The average Bonchev–Trinajstić information content (AvgIpc) is 2.98. The van der Waals surface area contributed by atoms with Crippen molar-refractivity contribution in [2.45, 2.75) is 39.2 Å². The third-order valence-corrected chi connectivity index (χ3v) is 5.20. The van der Waals surface area contributed by atoms with Gasteiger partial charge in [0.25, 0.3) is 0 Å². The zero-order chi connectivity index (χ0) is 16.3. The van der Waals surface area contributed by atoms with E-state index in [4.69, 9.17) is 0 Å². The number of nitrogens with zero attached hydrogens (tertiary/aromatic N) is 2. The second-order valence-electron chi connectivity index (χ2n) is 5.85. The molecule has 1 aromatic rings. The first kappa shape index (κ1) is 16.8. The number of hydrogen-bond acceptors (Lipinski definition) is 3. The second kappa shape index (κ2) is 6.69. The second-order valence-corrected chi connectivity index (χ2v) is 7.71. The van der Waals surface area contributed by atoms with Gasteiger partial charge < -0.3 is 4.90 Å². The number of likely N-dealkylation sites (tertiary alicyclic amines) is 1. The Labute approximate surface area is 133 Å². The molecule has 1 aliphatic heterocycles. The summed E-state index contributed by atoms with van der Waals surface area (Å²) in [7, 11) is -3.53. The van der Waals surface area contributed by atoms with Crippen molar-refractivity contribution in [1.82, 2.24) is 4.90 Å². The first-order chi connectivity index (χ1) is 10.3. The van der Waals surface area contributed by atoms with Crippen LogP contribution in [0.5, 0.6) is 0 Å². The maximum absolute atomic E-state index is 12.7. The van der Waals surface area contributed by atoms with Gasteiger partial charge in [0.2, 0.25) is 15.9 Å². The summed E-state index contributed by atoms with van der Waals surface area (Å²) < 4.78 is 25.9. The van der Waals surface area contributed by atoms with Gasteiger partial charge in [0, 0.05) is 13.1 Å². The Bertz CT molecular complexity index is 619. The molecule has 1 aromatic carbocycles. The van der Waals surface area contributed by atoms with Crippen molar-refractivity contribution in [3.05, 3.63) is 29.8 Å². The van der Waals surface area contributed by atoms with E-state index < -0.39 is 16.1 Å². The highest BCUT2D eigenvalue weighted by atomic mass is 32.2. The fraction of sp³-hybridized carbons (Fsp3) is 0.562. The van der Waals surface area contributed by atoms with Crippen LogP contribution in [0.25, 0.3) is 0 Å². The van der Waals surface area contributed by atoms with Crippen LogP contribution in [0.15, 0.2) is 24.3 Å². The first-order valence-corrected chi connectivity index (χ1v) is 9.54. The molecule has 1 saturated heterocycles. The lowest BCUT2D eigenvalue weighted by molar-refractivity contribution is -0.131. The van der Waals surface area contributed by atoms with Gasteiger partial charge in [-0.1, -0.05) is 24.6 Å². The monoisotopic (exact) mass is 324 g/mol. The SMILES string of the molecule is CCC(C(=O)N1CCCC1)N(c1ccc(C)cc1)S(C)(=O)=O. The van der Waals surface area contributed by atoms with Gasteiger partial charge in [-0.2, -0.15) is 0 Å². The number of rotatable bonds is 5. The number of aryl methyl sites for hydroxylation is 1. The molecule has 1 atom stereocenters. The molecule has 22 heavy (non-hydrogen) atoms. The number of amides is 1. The number of benzene rings is 1. The molecule has 1 heterocycles. The van der Waals surface area contributed by atoms with Crippen molar-refractivity contribution in [3.8, 4) is 0 Å². The average molecular weight is 324 g/mol. The largest absolute Gasteiger partial charge is 0.341 e. The molecule has 5 nitrogen and oxygen atoms in total. The number of hydrogen-bond donors (Lipinski definition) is 0. The molecule has 0 saturated carbocycles. The number of anilines is 1. The van der Waals surface area contributed by atoms with Crippen molar-refractivity contribution >= 4 is 21.6 Å². The molecule has 1 unspecified atom stereocenters. The van der Waals surface area contributed by atoms with Gasteiger partial charge in [0.15, 0.2) is 0 Å². The molecule has 1 aliphatic rings. The lowest BCUT2D eigenvalue weighted by Gasteiger charge is -2.32. The van der Waals surface area contributed by atoms with Crippen molar-refractivity contribution in [2.75, 3.05) is 23.7 Å². The van der Waals surface area contributed by atoms with E-state index in [1.807, 2.05) is 26.0 Å². The lowest BCUT2D eigenvalue weighted by atomic mass is 10.1. The fourth-order valence-electron chi connectivity index (χ4n) is 2.88. The van der Waals surface area contributed by atoms with Crippen LogP contribution >= 0.6 is 0 Å². The molecule has 0 radical (unpaired) electrons. The molecule has 122 valence electrons. The Hall–Kier alpha value is -1.56. The minimum Gasteiger partial charge on any atom is -0.341 e. The Balaban J connectivity index is 2.38. The molecule has 1 fully saturated rings. The Morgan fingerprint density at radius 3 is 2.23 bits per heavy atom. The molecule has 0 spiro atoms. The maximum Gasteiger partial charge on any atom is 0.246 e. The maximum atomic E-state index is 12.7. The number of carbonyl (C=O) groups excluding carboxylic acids is 1. The van der Waals surface area contributed by atoms with Gasteiger partial charge in [0.1, 0.15) is 6.04 Å². The summed E-state index contributed by atoms with van der Waals surface area (Å²) in [5.41, 5.74) is 1.60. The summed E-state index contributed by atoms with van der Waals surface area (Å²) in [6, 6.07) is 6.57. The van der Waals surface area contributed by atoms with E-state index >= 15 is 0 Å². The quantitative estimate of drug-likeness (QED) is 0.834. The zero-order valence-electron chi connectivity index (χ0n) is 13.4. The normalized spacial score (nSPS) is 16.6. The Morgan fingerprint density at radius 2 is 1.77 bits per heavy atom. The summed E-state index contributed by atoms with van der Waals surface area (Å²) in [5.74, 6) is -0.0917. The summed E-state index contributed by atoms with van der Waals surface area (Å²) >= 11 is 0. The highest BCUT2D eigenvalue weighted by molar-refractivity contribution is 7.92. The molecule has 0 bridgehead atoms. The van der Waals surface area contributed by atoms with Crippen LogP contribution in [0.4, 0.5) is 5.69 Å². The van der Waals surface area contributed by atoms with Crippen LogP contribution in [-0.4, -0.2) is 44.6 Å². The molecular formula is C16H24N2O3S. The van der Waals surface area contributed by atoms with Crippen molar-refractivity contribution in [2.24, 2.45) is 0 Å². The molecule has 6 heteroatoms. The molecule has 0 aliphatic carbocycles. The molecule has 1 amide bonds. The number of sulfonamides is 1. The highest BCUT2D eigenvalue weighted by Gasteiger charge is 2.34. The van der Waals surface area contributed by atoms with Gasteiger partial charge in [-0.15, -0.1) is 0 Å². The Morgan fingerprint density at radius 1 is 1.23 bits per heavy atom. The lowest BCUT2D eigenvalue weighted by Crippen LogP contribution is -2.50. The first-order valence-electron chi connectivity index (χ1n) is 7.69. The molecular weight excluding hydrogens is 300 g/mol. The highest BCUT2D eigenvalue weighted by Crippen LogP contribution is 2.24. The van der Waals surface area contributed by atoms with Crippen LogP contribution in [0.1, 0.15) is 31.7 Å². The van der Waals surface area contributed by atoms with E-state index in [0.717, 1.165) is 37.8 Å². The van der Waals surface area contributed by atoms with Crippen LogP contribution in [0.3, 0.4) is 0 Å². The van der Waals surface area contributed by atoms with Crippen LogP contribution in [0.2, 0.25) is 0 Å². The van der Waals surface area contributed by atoms with Crippen molar-refractivity contribution < 1.29 is 13.2 Å². The van der Waals surface area contributed by atoms with Crippen molar-refractivity contribution in [3.63, 3.8) is 0 Å². The molecule has 2 rings (SSSR count). The van der Waals surface area contributed by atoms with Gasteiger partial charge >= 0.3 is 0 Å². The summed E-state index contributed by atoms with van der Waals surface area (Å²) in [4.78, 5) is 14.5. The van der Waals surface area contributed by atoms with E-state index in [1.165, 1.54) is 4.31 Å². The van der Waals surface area contributed by atoms with E-state index in [1.54, 1.807) is 17.0 Å². The predicted molar refractivity (Wildman–Crippen MR) is 88.4 cm³/mol. The third-order valence-electron chi connectivity index (χ3n) is 4.02. The fourth-order valence-corrected chi connectivity index (χ4v) is 4.09. The smallest absolute Gasteiger partial charge is 0.246 e. The summed E-state index contributed by atoms with van der Waals surface area (Å²) in [6.07, 6.45) is 3.60. The van der Waals surface area contributed by atoms with Crippen LogP contribution in [-0.2, 0) is 14.8 Å². The molecule has 0 N–H and O–H groups in total. The van der Waals surface area contributed by atoms with Crippen molar-refractivity contribution in [1.29, 1.82) is 0 Å². The van der Waals surface area contributed by atoms with Gasteiger partial charge in [-0.25, -0.2) is 8.42 Å². The molecule has 0 aromatic heterocycles. The third kappa shape index (κ3) is 3.61. The zero-order valence-corrected chi connectivity index (χ0v) is 14.3. The standard InChI is InChI=1S/C16H24N2O3S/c1-4-15(16(19)17-11-5-6-12-17)18(22(3,20)21)14-9-7-13(2)8-10-14/h7-10,15H,4-6,11-12H2,1-3H3. The van der Waals surface area contributed by atoms with Crippen LogP contribution < -0.4 is 4.31 Å². The summed E-state index contributed by atoms with van der Waals surface area (Å²) in [5, 5.41) is 0. The van der Waals surface area contributed by atoms with Gasteiger partial charge in [0.05, 0.1) is 11.9 Å². The minimum atomic E-state index is -3.53. The van der Waals surface area contributed by atoms with Gasteiger partial charge in [-0.3, -0.25) is 9.10 Å². The van der Waals surface area contributed by atoms with Gasteiger partial charge in [-0.05, 0) is 38.3 Å². The Kier molecular flexibility index (Phi) is 5.11. The summed E-state index contributed by atoms with van der Waals surface area (Å²) in [6.45, 7) is 5.24. The topological polar surface area (TPSA) is 57.7 Å². The van der Waals surface area contributed by atoms with E-state index in [0.29, 0.717) is 12.1 Å². The van der Waals surface area contributed by atoms with E-state index in [-0.39, 0.29) is 5.91 Å².